The van der Waals surface area contributed by atoms with E-state index in [4.69, 9.17) is 9.97 Å². The highest BCUT2D eigenvalue weighted by Crippen LogP contribution is 2.43. The van der Waals surface area contributed by atoms with Crippen molar-refractivity contribution in [2.75, 3.05) is 0 Å². The predicted octanol–water partition coefficient (Wildman–Crippen LogP) is 11.9. The first-order valence-corrected chi connectivity index (χ1v) is 16.3. The molecule has 3 heterocycles. The number of nitrogens with zero attached hydrogens (tertiary/aromatic N) is 2. The van der Waals surface area contributed by atoms with Gasteiger partial charge in [0.1, 0.15) is 6.33 Å². The Morgan fingerprint density at radius 2 is 1.05 bits per heavy atom. The summed E-state index contributed by atoms with van der Waals surface area (Å²) in [7, 11) is 0. The number of thiophene rings is 2. The van der Waals surface area contributed by atoms with Gasteiger partial charge in [-0.1, -0.05) is 115 Å². The van der Waals surface area contributed by atoms with Crippen molar-refractivity contribution in [3.63, 3.8) is 0 Å². The Labute approximate surface area is 262 Å². The molecule has 0 saturated heterocycles. The highest BCUT2D eigenvalue weighted by molar-refractivity contribution is 7.26. The fourth-order valence-corrected chi connectivity index (χ4v) is 8.72. The van der Waals surface area contributed by atoms with Gasteiger partial charge in [-0.3, -0.25) is 0 Å². The normalized spacial score (nSPS) is 11.6. The first-order chi connectivity index (χ1) is 21.8. The van der Waals surface area contributed by atoms with Gasteiger partial charge in [0.2, 0.25) is 0 Å². The zero-order valence-corrected chi connectivity index (χ0v) is 25.2. The Balaban J connectivity index is 1.15. The van der Waals surface area contributed by atoms with Gasteiger partial charge in [-0.25, -0.2) is 9.97 Å². The van der Waals surface area contributed by atoms with E-state index < -0.39 is 0 Å². The third-order valence-corrected chi connectivity index (χ3v) is 10.8. The Morgan fingerprint density at radius 3 is 1.95 bits per heavy atom. The molecule has 0 N–H and O–H groups in total. The molecule has 206 valence electrons. The van der Waals surface area contributed by atoms with Gasteiger partial charge < -0.3 is 0 Å². The summed E-state index contributed by atoms with van der Waals surface area (Å²) in [6.45, 7) is 0. The Kier molecular flexibility index (Phi) is 5.90. The monoisotopic (exact) mass is 596 g/mol. The van der Waals surface area contributed by atoms with Crippen LogP contribution in [-0.2, 0) is 0 Å². The molecule has 9 aromatic rings. The van der Waals surface area contributed by atoms with Crippen LogP contribution in [0.1, 0.15) is 0 Å². The van der Waals surface area contributed by atoms with Gasteiger partial charge in [0.05, 0.1) is 15.9 Å². The first kappa shape index (κ1) is 25.3. The number of rotatable bonds is 4. The van der Waals surface area contributed by atoms with Crippen molar-refractivity contribution in [1.82, 2.24) is 9.97 Å². The van der Waals surface area contributed by atoms with Crippen LogP contribution in [0.2, 0.25) is 0 Å². The molecule has 0 saturated carbocycles. The van der Waals surface area contributed by atoms with Crippen molar-refractivity contribution in [3.8, 4) is 44.6 Å². The van der Waals surface area contributed by atoms with E-state index in [1.807, 2.05) is 11.3 Å². The van der Waals surface area contributed by atoms with Gasteiger partial charge in [0, 0.05) is 35.8 Å². The molecule has 9 rings (SSSR count). The molecule has 6 aromatic carbocycles. The van der Waals surface area contributed by atoms with Gasteiger partial charge >= 0.3 is 0 Å². The van der Waals surface area contributed by atoms with E-state index in [1.54, 1.807) is 17.7 Å². The highest BCUT2D eigenvalue weighted by atomic mass is 32.1. The Bertz CT molecular complexity index is 2510. The zero-order valence-electron chi connectivity index (χ0n) is 23.6. The molecule has 0 amide bonds. The SMILES string of the molecule is c1ccc(-c2cccc(-c3ccc4c(c3)sc3c(-c5cccc(-c6cccc7c6sc6ccccc67)c5)ncnc34)c2)cc1. The van der Waals surface area contributed by atoms with Crippen LogP contribution in [0.4, 0.5) is 0 Å². The second-order valence-corrected chi connectivity index (χ2v) is 13.1. The van der Waals surface area contributed by atoms with Crippen molar-refractivity contribution in [3.05, 3.63) is 146 Å². The number of fused-ring (bicyclic) bond motifs is 6. The summed E-state index contributed by atoms with van der Waals surface area (Å²) in [5.74, 6) is 0. The molecule has 0 spiro atoms. The third-order valence-electron chi connectivity index (χ3n) is 8.41. The van der Waals surface area contributed by atoms with E-state index in [9.17, 15) is 0 Å². The van der Waals surface area contributed by atoms with E-state index in [1.165, 1.54) is 63.6 Å². The molecule has 0 aliphatic carbocycles. The van der Waals surface area contributed by atoms with Crippen LogP contribution in [0.5, 0.6) is 0 Å². The van der Waals surface area contributed by atoms with E-state index in [0.29, 0.717) is 0 Å². The highest BCUT2D eigenvalue weighted by Gasteiger charge is 2.16. The van der Waals surface area contributed by atoms with E-state index in [2.05, 4.69) is 140 Å². The fraction of sp³-hybridized carbons (Fsp3) is 0. The summed E-state index contributed by atoms with van der Waals surface area (Å²) >= 11 is 3.64. The lowest BCUT2D eigenvalue weighted by molar-refractivity contribution is 1.24. The topological polar surface area (TPSA) is 25.8 Å². The minimum Gasteiger partial charge on any atom is -0.235 e. The van der Waals surface area contributed by atoms with Gasteiger partial charge in [0.15, 0.2) is 0 Å². The molecule has 4 heteroatoms. The van der Waals surface area contributed by atoms with Gasteiger partial charge in [0.25, 0.3) is 0 Å². The maximum Gasteiger partial charge on any atom is 0.116 e. The van der Waals surface area contributed by atoms with Crippen molar-refractivity contribution in [1.29, 1.82) is 0 Å². The molecule has 2 nitrogen and oxygen atoms in total. The summed E-state index contributed by atoms with van der Waals surface area (Å²) in [6, 6.07) is 50.2. The lowest BCUT2D eigenvalue weighted by atomic mass is 9.98. The molecule has 0 unspecified atom stereocenters. The van der Waals surface area contributed by atoms with Crippen LogP contribution in [0.25, 0.3) is 85.1 Å². The number of hydrogen-bond donors (Lipinski definition) is 0. The van der Waals surface area contributed by atoms with Crippen molar-refractivity contribution < 1.29 is 0 Å². The van der Waals surface area contributed by atoms with Crippen LogP contribution in [0.15, 0.2) is 146 Å². The number of hydrogen-bond acceptors (Lipinski definition) is 4. The molecule has 0 radical (unpaired) electrons. The minimum atomic E-state index is 0.981. The lowest BCUT2D eigenvalue weighted by Crippen LogP contribution is -1.87. The molecule has 0 atom stereocenters. The van der Waals surface area contributed by atoms with Crippen molar-refractivity contribution in [2.24, 2.45) is 0 Å². The molecule has 44 heavy (non-hydrogen) atoms. The van der Waals surface area contributed by atoms with Gasteiger partial charge in [-0.15, -0.1) is 22.7 Å². The Morgan fingerprint density at radius 1 is 0.386 bits per heavy atom. The van der Waals surface area contributed by atoms with E-state index in [-0.39, 0.29) is 0 Å². The number of benzene rings is 6. The van der Waals surface area contributed by atoms with Crippen LogP contribution in [-0.4, -0.2) is 9.97 Å². The van der Waals surface area contributed by atoms with E-state index >= 15 is 0 Å². The molecular weight excluding hydrogens is 573 g/mol. The first-order valence-electron chi connectivity index (χ1n) is 14.6. The van der Waals surface area contributed by atoms with Crippen molar-refractivity contribution in [2.45, 2.75) is 0 Å². The van der Waals surface area contributed by atoms with Crippen LogP contribution in [0.3, 0.4) is 0 Å². The van der Waals surface area contributed by atoms with Crippen LogP contribution >= 0.6 is 22.7 Å². The molecular formula is C40H24N2S2. The molecule has 0 bridgehead atoms. The van der Waals surface area contributed by atoms with Gasteiger partial charge in [-0.2, -0.15) is 0 Å². The molecule has 0 aliphatic heterocycles. The molecule has 0 aliphatic rings. The second-order valence-electron chi connectivity index (χ2n) is 11.0. The summed E-state index contributed by atoms with van der Waals surface area (Å²) in [5, 5.41) is 3.80. The largest absolute Gasteiger partial charge is 0.235 e. The third kappa shape index (κ3) is 4.15. The fourth-order valence-electron chi connectivity index (χ4n) is 6.28. The quantitative estimate of drug-likeness (QED) is 0.202. The summed E-state index contributed by atoms with van der Waals surface area (Å²) in [4.78, 5) is 9.59. The predicted molar refractivity (Wildman–Crippen MR) is 190 cm³/mol. The number of aromatic nitrogens is 2. The average Bonchev–Trinajstić information content (AvgIpc) is 3.67. The maximum atomic E-state index is 4.83. The summed E-state index contributed by atoms with van der Waals surface area (Å²) < 4.78 is 4.98. The molecule has 3 aromatic heterocycles. The maximum absolute atomic E-state index is 4.83. The average molecular weight is 597 g/mol. The summed E-state index contributed by atoms with van der Waals surface area (Å²) in [5.41, 5.74) is 10.4. The van der Waals surface area contributed by atoms with Crippen LogP contribution in [0, 0.1) is 0 Å². The van der Waals surface area contributed by atoms with Crippen molar-refractivity contribution >= 4 is 63.1 Å². The molecule has 0 fully saturated rings. The smallest absolute Gasteiger partial charge is 0.116 e. The van der Waals surface area contributed by atoms with Gasteiger partial charge in [-0.05, 0) is 57.6 Å². The van der Waals surface area contributed by atoms with Crippen LogP contribution < -0.4 is 0 Å². The standard InChI is InChI=1S/C40H24N2S2/c1-2-9-25(10-3-1)26-11-6-12-27(21-26)28-19-20-34-36(23-28)44-40-37(41-24-42-38(34)40)30-14-7-13-29(22-30)31-16-8-17-33-32-15-4-5-18-35(32)43-39(31)33/h1-24H. The second kappa shape index (κ2) is 10.2. The summed E-state index contributed by atoms with van der Waals surface area (Å²) in [6.07, 6.45) is 1.71. The van der Waals surface area contributed by atoms with E-state index in [0.717, 1.165) is 21.5 Å². The minimum absolute atomic E-state index is 0.981. The Hall–Kier alpha value is -5.16. The zero-order chi connectivity index (χ0) is 29.0. The lowest BCUT2D eigenvalue weighted by Gasteiger charge is -2.07.